The summed E-state index contributed by atoms with van der Waals surface area (Å²) >= 11 is 0. The summed E-state index contributed by atoms with van der Waals surface area (Å²) in [4.78, 5) is 42.1. The number of hydrogen-bond acceptors (Lipinski definition) is 4. The zero-order chi connectivity index (χ0) is 20.4. The van der Waals surface area contributed by atoms with E-state index in [9.17, 15) is 14.4 Å². The molecule has 3 amide bonds. The van der Waals surface area contributed by atoms with E-state index >= 15 is 0 Å². The van der Waals surface area contributed by atoms with E-state index in [2.05, 4.69) is 22.1 Å². The van der Waals surface area contributed by atoms with Crippen LogP contribution in [0.4, 0.5) is 0 Å². The molecule has 1 unspecified atom stereocenters. The Bertz CT molecular complexity index is 1040. The molecule has 1 N–H and O–H groups in total. The molecule has 2 aliphatic heterocycles. The third kappa shape index (κ3) is 3.92. The van der Waals surface area contributed by atoms with Gasteiger partial charge >= 0.3 is 0 Å². The predicted molar refractivity (Wildman–Crippen MR) is 106 cm³/mol. The van der Waals surface area contributed by atoms with E-state index in [0.717, 1.165) is 36.2 Å². The van der Waals surface area contributed by atoms with Gasteiger partial charge in [0.2, 0.25) is 11.8 Å². The first-order valence-electron chi connectivity index (χ1n) is 9.77. The van der Waals surface area contributed by atoms with E-state index in [-0.39, 0.29) is 18.2 Å². The molecule has 4 rings (SSSR count). The van der Waals surface area contributed by atoms with Crippen LogP contribution in [0.5, 0.6) is 0 Å². The van der Waals surface area contributed by atoms with Crippen molar-refractivity contribution in [1.29, 1.82) is 0 Å². The van der Waals surface area contributed by atoms with Crippen LogP contribution in [0, 0.1) is 18.8 Å². The molecule has 0 saturated carbocycles. The Kier molecular flexibility index (Phi) is 5.17. The number of nitrogens with one attached hydrogen (secondary N) is 1. The van der Waals surface area contributed by atoms with Crippen molar-refractivity contribution >= 4 is 17.7 Å². The Hall–Kier alpha value is -3.40. The lowest BCUT2D eigenvalue weighted by molar-refractivity contribution is -0.136. The number of carbonyl (C=O) groups is 3. The van der Waals surface area contributed by atoms with Gasteiger partial charge in [0.05, 0.1) is 12.0 Å². The lowest BCUT2D eigenvalue weighted by Crippen LogP contribution is -2.52. The lowest BCUT2D eigenvalue weighted by atomic mass is 10.0. The number of rotatable bonds is 4. The van der Waals surface area contributed by atoms with E-state index in [0.29, 0.717) is 18.5 Å². The highest BCUT2D eigenvalue weighted by Crippen LogP contribution is 2.29. The highest BCUT2D eigenvalue weighted by molar-refractivity contribution is 6.05. The third-order valence-corrected chi connectivity index (χ3v) is 5.29. The van der Waals surface area contributed by atoms with Gasteiger partial charge in [-0.3, -0.25) is 19.7 Å². The van der Waals surface area contributed by atoms with Gasteiger partial charge in [-0.05, 0) is 37.5 Å². The largest absolute Gasteiger partial charge is 0.337 e. The summed E-state index contributed by atoms with van der Waals surface area (Å²) in [6.45, 7) is 3.18. The fraction of sp³-hybridized carbons (Fsp3) is 0.364. The van der Waals surface area contributed by atoms with E-state index < -0.39 is 11.9 Å². The molecule has 0 radical (unpaired) electrons. The van der Waals surface area contributed by atoms with Crippen LogP contribution in [0.3, 0.4) is 0 Å². The van der Waals surface area contributed by atoms with Crippen LogP contribution >= 0.6 is 0 Å². The molecule has 2 aliphatic rings. The van der Waals surface area contributed by atoms with Gasteiger partial charge in [-0.1, -0.05) is 17.9 Å². The zero-order valence-corrected chi connectivity index (χ0v) is 16.3. The molecule has 1 saturated heterocycles. The molecular weight excluding hydrogens is 368 g/mol. The normalized spacial score (nSPS) is 18.3. The molecular formula is C22H22N4O3. The Labute approximate surface area is 169 Å². The number of imidazole rings is 1. The number of benzene rings is 1. The number of piperidine rings is 1. The van der Waals surface area contributed by atoms with E-state index in [1.165, 1.54) is 0 Å². The quantitative estimate of drug-likeness (QED) is 0.490. The van der Waals surface area contributed by atoms with Crippen LogP contribution in [0.25, 0.3) is 0 Å². The van der Waals surface area contributed by atoms with Crippen LogP contribution in [-0.4, -0.2) is 38.2 Å². The maximum atomic E-state index is 12.8. The summed E-state index contributed by atoms with van der Waals surface area (Å²) < 4.78 is 2.05. The van der Waals surface area contributed by atoms with Crippen molar-refractivity contribution in [3.63, 3.8) is 0 Å². The molecule has 29 heavy (non-hydrogen) atoms. The Morgan fingerprint density at radius 1 is 1.28 bits per heavy atom. The second-order valence-corrected chi connectivity index (χ2v) is 7.39. The average Bonchev–Trinajstić information content (AvgIpc) is 3.25. The van der Waals surface area contributed by atoms with Gasteiger partial charge < -0.3 is 9.47 Å². The van der Waals surface area contributed by atoms with Crippen LogP contribution in [-0.2, 0) is 22.7 Å². The van der Waals surface area contributed by atoms with Crippen molar-refractivity contribution in [3.8, 4) is 11.8 Å². The minimum atomic E-state index is -0.605. The molecule has 1 atom stereocenters. The van der Waals surface area contributed by atoms with Gasteiger partial charge in [-0.25, -0.2) is 4.98 Å². The summed E-state index contributed by atoms with van der Waals surface area (Å²) in [5, 5.41) is 2.33. The maximum Gasteiger partial charge on any atom is 0.255 e. The van der Waals surface area contributed by atoms with Crippen molar-refractivity contribution in [2.45, 2.75) is 51.7 Å². The summed E-state index contributed by atoms with van der Waals surface area (Å²) in [6.07, 6.45) is 6.10. The van der Waals surface area contributed by atoms with Gasteiger partial charge in [-0.2, -0.15) is 0 Å². The number of aromatic nitrogens is 2. The van der Waals surface area contributed by atoms with Gasteiger partial charge in [0.15, 0.2) is 0 Å². The van der Waals surface area contributed by atoms with Gasteiger partial charge in [0.1, 0.15) is 6.04 Å². The first-order valence-corrected chi connectivity index (χ1v) is 9.77. The Balaban J connectivity index is 1.43. The minimum Gasteiger partial charge on any atom is -0.337 e. The molecule has 1 fully saturated rings. The summed E-state index contributed by atoms with van der Waals surface area (Å²) in [5.74, 6) is 5.53. The summed E-state index contributed by atoms with van der Waals surface area (Å²) in [7, 11) is 0. The molecule has 0 aliphatic carbocycles. The molecule has 148 valence electrons. The highest BCUT2D eigenvalue weighted by atomic mass is 16.2. The van der Waals surface area contributed by atoms with Gasteiger partial charge in [-0.15, -0.1) is 0 Å². The van der Waals surface area contributed by atoms with Crippen molar-refractivity contribution in [3.05, 3.63) is 53.1 Å². The molecule has 1 aromatic heterocycles. The van der Waals surface area contributed by atoms with E-state index in [1.807, 2.05) is 36.1 Å². The number of fused-ring (bicyclic) bond motifs is 1. The number of nitrogens with zero attached hydrogens (tertiary/aromatic N) is 3. The second kappa shape index (κ2) is 7.92. The lowest BCUT2D eigenvalue weighted by Gasteiger charge is -2.29. The number of amides is 3. The standard InChI is InChI=1S/C22H22N4O3/c1-15-12-25(14-23-15)11-4-2-3-6-16-7-5-8-17-18(16)13-26(22(17)29)19-9-10-20(27)24-21(19)28/h5,7-8,12,14,19H,2,4,9-11,13H2,1H3,(H,24,27,28). The SMILES string of the molecule is Cc1cn(CCCC#Cc2cccc3c2CN(C2CCC(=O)NC2=O)C3=O)cn1. The molecule has 3 heterocycles. The average molecular weight is 390 g/mol. The predicted octanol–water partition coefficient (Wildman–Crippen LogP) is 1.78. The fourth-order valence-corrected chi connectivity index (χ4v) is 3.80. The number of hydrogen-bond donors (Lipinski definition) is 1. The van der Waals surface area contributed by atoms with E-state index in [1.54, 1.807) is 11.0 Å². The number of carbonyl (C=O) groups excluding carboxylic acids is 3. The number of unbranched alkanes of at least 4 members (excludes halogenated alkanes) is 1. The molecule has 1 aromatic carbocycles. The molecule has 2 aromatic rings. The van der Waals surface area contributed by atoms with E-state index in [4.69, 9.17) is 0 Å². The Morgan fingerprint density at radius 3 is 2.90 bits per heavy atom. The number of imide groups is 1. The Morgan fingerprint density at radius 2 is 2.14 bits per heavy atom. The summed E-state index contributed by atoms with van der Waals surface area (Å²) in [6, 6.07) is 4.90. The number of aryl methyl sites for hydroxylation is 2. The van der Waals surface area contributed by atoms with Gasteiger partial charge in [0, 0.05) is 43.3 Å². The molecule has 7 heteroatoms. The van der Waals surface area contributed by atoms with Crippen LogP contribution in [0.1, 0.15) is 52.9 Å². The van der Waals surface area contributed by atoms with Crippen LogP contribution < -0.4 is 5.32 Å². The first-order chi connectivity index (χ1) is 14.0. The van der Waals surface area contributed by atoms with Crippen molar-refractivity contribution in [1.82, 2.24) is 19.8 Å². The minimum absolute atomic E-state index is 0.173. The molecule has 0 spiro atoms. The fourth-order valence-electron chi connectivity index (χ4n) is 3.80. The highest BCUT2D eigenvalue weighted by Gasteiger charge is 2.39. The first kappa shape index (κ1) is 18.9. The van der Waals surface area contributed by atoms with Crippen molar-refractivity contribution < 1.29 is 14.4 Å². The van der Waals surface area contributed by atoms with Crippen molar-refractivity contribution in [2.24, 2.45) is 0 Å². The monoisotopic (exact) mass is 390 g/mol. The van der Waals surface area contributed by atoms with Crippen molar-refractivity contribution in [2.75, 3.05) is 0 Å². The summed E-state index contributed by atoms with van der Waals surface area (Å²) in [5.41, 5.74) is 3.28. The maximum absolute atomic E-state index is 12.8. The molecule has 0 bridgehead atoms. The smallest absolute Gasteiger partial charge is 0.255 e. The zero-order valence-electron chi connectivity index (χ0n) is 16.3. The topological polar surface area (TPSA) is 84.3 Å². The van der Waals surface area contributed by atoms with Crippen LogP contribution in [0.2, 0.25) is 0 Å². The third-order valence-electron chi connectivity index (χ3n) is 5.29. The molecule has 7 nitrogen and oxygen atoms in total. The second-order valence-electron chi connectivity index (χ2n) is 7.39. The van der Waals surface area contributed by atoms with Crippen LogP contribution in [0.15, 0.2) is 30.7 Å². The van der Waals surface area contributed by atoms with Gasteiger partial charge in [0.25, 0.3) is 5.91 Å².